The topological polar surface area (TPSA) is 94.0 Å². The van der Waals surface area contributed by atoms with Crippen LogP contribution in [0.4, 0.5) is 10.5 Å². The zero-order chi connectivity index (χ0) is 23.9. The summed E-state index contributed by atoms with van der Waals surface area (Å²) >= 11 is 0. The van der Waals surface area contributed by atoms with E-state index in [1.807, 2.05) is 54.7 Å². The number of carbonyl (C=O) groups is 2. The molecule has 0 atom stereocenters. The number of methoxy groups -OCH3 is 2. The van der Waals surface area contributed by atoms with Crippen LogP contribution in [0, 0.1) is 0 Å². The normalized spacial score (nSPS) is 10.9. The number of nitrogens with one attached hydrogen (secondary N) is 2. The van der Waals surface area contributed by atoms with Crippen LogP contribution in [0.1, 0.15) is 21.5 Å². The first-order valence-corrected chi connectivity index (χ1v) is 10.6. The number of anilines is 1. The molecule has 4 aromatic rings. The van der Waals surface area contributed by atoms with Gasteiger partial charge >= 0.3 is 12.0 Å². The molecule has 0 fully saturated rings. The summed E-state index contributed by atoms with van der Waals surface area (Å²) in [5.74, 6) is 0.186. The first-order chi connectivity index (χ1) is 16.6. The Kier molecular flexibility index (Phi) is 6.88. The average molecular weight is 457 g/mol. The third kappa shape index (κ3) is 5.07. The Hall–Kier alpha value is -4.59. The van der Waals surface area contributed by atoms with Gasteiger partial charge in [-0.15, -0.1) is 0 Å². The first kappa shape index (κ1) is 22.6. The fourth-order valence-corrected chi connectivity index (χ4v) is 3.68. The van der Waals surface area contributed by atoms with Crippen LogP contribution in [0.15, 0.2) is 84.1 Å². The Morgan fingerprint density at radius 2 is 1.79 bits per heavy atom. The van der Waals surface area contributed by atoms with Gasteiger partial charge in [-0.25, -0.2) is 15.0 Å². The van der Waals surface area contributed by atoms with Gasteiger partial charge in [-0.2, -0.15) is 5.10 Å². The maximum absolute atomic E-state index is 12.3. The lowest BCUT2D eigenvalue weighted by atomic mass is 10.1. The molecule has 34 heavy (non-hydrogen) atoms. The number of esters is 1. The molecule has 8 nitrogen and oxygen atoms in total. The molecule has 4 rings (SSSR count). The number of hydrazone groups is 1. The summed E-state index contributed by atoms with van der Waals surface area (Å²) in [5, 5.41) is 7.81. The van der Waals surface area contributed by atoms with Gasteiger partial charge in [-0.3, -0.25) is 0 Å². The van der Waals surface area contributed by atoms with E-state index in [0.29, 0.717) is 23.5 Å². The molecule has 0 radical (unpaired) electrons. The Morgan fingerprint density at radius 1 is 1.00 bits per heavy atom. The number of ether oxygens (including phenoxy) is 2. The van der Waals surface area contributed by atoms with Crippen molar-refractivity contribution in [3.63, 3.8) is 0 Å². The molecule has 0 unspecified atom stereocenters. The van der Waals surface area contributed by atoms with Crippen LogP contribution in [0.5, 0.6) is 5.75 Å². The maximum Gasteiger partial charge on any atom is 0.339 e. The number of carbonyl (C=O) groups excluding carboxylic acids is 2. The third-order valence-electron chi connectivity index (χ3n) is 5.25. The van der Waals surface area contributed by atoms with Gasteiger partial charge in [0.15, 0.2) is 0 Å². The summed E-state index contributed by atoms with van der Waals surface area (Å²) in [7, 11) is 2.91. The largest absolute Gasteiger partial charge is 0.495 e. The highest BCUT2D eigenvalue weighted by atomic mass is 16.5. The number of hydrogen-bond donors (Lipinski definition) is 2. The molecule has 0 spiro atoms. The Bertz CT molecular complexity index is 1360. The van der Waals surface area contributed by atoms with Gasteiger partial charge in [-0.1, -0.05) is 42.5 Å². The van der Waals surface area contributed by atoms with Crippen molar-refractivity contribution in [3.8, 4) is 5.75 Å². The molecule has 0 saturated heterocycles. The molecule has 3 aromatic carbocycles. The SMILES string of the molecule is COC(=O)c1cccc(Cn2cc(/C=N/NC(=O)Nc3ccccc3OC)c3ccccc32)c1. The first-order valence-electron chi connectivity index (χ1n) is 10.6. The van der Waals surface area contributed by atoms with Crippen molar-refractivity contribution in [1.29, 1.82) is 0 Å². The lowest BCUT2D eigenvalue weighted by Gasteiger charge is -2.08. The van der Waals surface area contributed by atoms with Crippen LogP contribution in [0.2, 0.25) is 0 Å². The van der Waals surface area contributed by atoms with Crippen LogP contribution in [-0.2, 0) is 11.3 Å². The van der Waals surface area contributed by atoms with Crippen LogP contribution >= 0.6 is 0 Å². The van der Waals surface area contributed by atoms with E-state index < -0.39 is 6.03 Å². The molecule has 0 bridgehead atoms. The van der Waals surface area contributed by atoms with Gasteiger partial charge in [0.1, 0.15) is 5.75 Å². The number of urea groups is 1. The van der Waals surface area contributed by atoms with Gasteiger partial charge in [0.2, 0.25) is 0 Å². The number of nitrogens with zero attached hydrogens (tertiary/aromatic N) is 2. The lowest BCUT2D eigenvalue weighted by Crippen LogP contribution is -2.24. The van der Waals surface area contributed by atoms with Crippen LogP contribution in [0.25, 0.3) is 10.9 Å². The van der Waals surface area contributed by atoms with E-state index >= 15 is 0 Å². The van der Waals surface area contributed by atoms with Gasteiger partial charge in [-0.05, 0) is 35.9 Å². The van der Waals surface area contributed by atoms with Gasteiger partial charge in [0.05, 0.1) is 31.7 Å². The van der Waals surface area contributed by atoms with Crippen molar-refractivity contribution in [1.82, 2.24) is 9.99 Å². The number of para-hydroxylation sites is 3. The molecular formula is C26H24N4O4. The predicted molar refractivity (Wildman–Crippen MR) is 132 cm³/mol. The maximum atomic E-state index is 12.3. The minimum Gasteiger partial charge on any atom is -0.495 e. The van der Waals surface area contributed by atoms with Gasteiger partial charge < -0.3 is 19.4 Å². The van der Waals surface area contributed by atoms with Crippen LogP contribution in [0.3, 0.4) is 0 Å². The number of aromatic nitrogens is 1. The summed E-state index contributed by atoms with van der Waals surface area (Å²) < 4.78 is 12.1. The monoisotopic (exact) mass is 456 g/mol. The number of amides is 2. The predicted octanol–water partition coefficient (Wildman–Crippen LogP) is 4.64. The van der Waals surface area contributed by atoms with Crippen molar-refractivity contribution >= 4 is 34.8 Å². The molecular weight excluding hydrogens is 432 g/mol. The molecule has 2 amide bonds. The second-order valence-electron chi connectivity index (χ2n) is 7.45. The standard InChI is InChI=1S/C26H24N4O4/c1-33-24-13-6-4-11-22(24)28-26(32)29-27-15-20-17-30(23-12-5-3-10-21(20)23)16-18-8-7-9-19(14-18)25(31)34-2/h3-15,17H,16H2,1-2H3,(H2,28,29,32)/b27-15+. The van der Waals surface area contributed by atoms with Crippen molar-refractivity contribution in [2.75, 3.05) is 19.5 Å². The second-order valence-corrected chi connectivity index (χ2v) is 7.45. The molecule has 8 heteroatoms. The quantitative estimate of drug-likeness (QED) is 0.241. The summed E-state index contributed by atoms with van der Waals surface area (Å²) in [5.41, 5.74) is 6.34. The van der Waals surface area contributed by atoms with E-state index in [1.165, 1.54) is 14.2 Å². The third-order valence-corrected chi connectivity index (χ3v) is 5.25. The second kappa shape index (κ2) is 10.4. The van der Waals surface area contributed by atoms with E-state index in [9.17, 15) is 9.59 Å². The smallest absolute Gasteiger partial charge is 0.339 e. The summed E-state index contributed by atoms with van der Waals surface area (Å²) in [6.07, 6.45) is 3.56. The van der Waals surface area contributed by atoms with E-state index in [0.717, 1.165) is 22.0 Å². The Labute approximate surface area is 196 Å². The minimum atomic E-state index is -0.482. The molecule has 0 aliphatic heterocycles. The number of benzene rings is 3. The zero-order valence-electron chi connectivity index (χ0n) is 18.8. The molecule has 1 heterocycles. The summed E-state index contributed by atoms with van der Waals surface area (Å²) in [6.45, 7) is 0.556. The van der Waals surface area contributed by atoms with E-state index in [4.69, 9.17) is 9.47 Å². The van der Waals surface area contributed by atoms with Crippen molar-refractivity contribution in [2.24, 2.45) is 5.10 Å². The number of fused-ring (bicyclic) bond motifs is 1. The van der Waals surface area contributed by atoms with Gasteiger partial charge in [0.25, 0.3) is 0 Å². The van der Waals surface area contributed by atoms with Gasteiger partial charge in [0, 0.05) is 29.2 Å². The fraction of sp³-hybridized carbons (Fsp3) is 0.115. The zero-order valence-corrected chi connectivity index (χ0v) is 18.8. The fourth-order valence-electron chi connectivity index (χ4n) is 3.68. The highest BCUT2D eigenvalue weighted by Crippen LogP contribution is 2.23. The molecule has 172 valence electrons. The van der Waals surface area contributed by atoms with E-state index in [-0.39, 0.29) is 5.97 Å². The lowest BCUT2D eigenvalue weighted by molar-refractivity contribution is 0.0600. The molecule has 0 saturated carbocycles. The van der Waals surface area contributed by atoms with E-state index in [2.05, 4.69) is 20.4 Å². The summed E-state index contributed by atoms with van der Waals surface area (Å²) in [6, 6.07) is 21.9. The minimum absolute atomic E-state index is 0.371. The van der Waals surface area contributed by atoms with E-state index in [1.54, 1.807) is 30.5 Å². The average Bonchev–Trinajstić information content (AvgIpc) is 3.21. The molecule has 2 N–H and O–H groups in total. The van der Waals surface area contributed by atoms with Crippen molar-refractivity contribution < 1.29 is 19.1 Å². The molecule has 1 aromatic heterocycles. The number of hydrogen-bond acceptors (Lipinski definition) is 5. The van der Waals surface area contributed by atoms with Crippen LogP contribution < -0.4 is 15.5 Å². The Morgan fingerprint density at radius 3 is 2.62 bits per heavy atom. The highest BCUT2D eigenvalue weighted by Gasteiger charge is 2.10. The number of rotatable bonds is 7. The summed E-state index contributed by atoms with van der Waals surface area (Å²) in [4.78, 5) is 24.1. The van der Waals surface area contributed by atoms with Crippen molar-refractivity contribution in [3.05, 3.63) is 95.7 Å². The molecule has 0 aliphatic rings. The van der Waals surface area contributed by atoms with Crippen LogP contribution in [-0.4, -0.2) is 37.0 Å². The highest BCUT2D eigenvalue weighted by molar-refractivity contribution is 6.00. The Balaban J connectivity index is 1.51. The van der Waals surface area contributed by atoms with Crippen molar-refractivity contribution in [2.45, 2.75) is 6.54 Å². The molecule has 0 aliphatic carbocycles.